The molecule has 2 aromatic rings. The molecule has 13 heavy (non-hydrogen) atoms. The molecule has 0 spiro atoms. The van der Waals surface area contributed by atoms with Crippen LogP contribution in [0.2, 0.25) is 0 Å². The van der Waals surface area contributed by atoms with Crippen LogP contribution in [-0.2, 0) is 0 Å². The fourth-order valence-corrected chi connectivity index (χ4v) is 2.55. The molecule has 1 heterocycles. The number of aryl methyl sites for hydroxylation is 1. The summed E-state index contributed by atoms with van der Waals surface area (Å²) in [5, 5.41) is 2.16. The van der Waals surface area contributed by atoms with E-state index in [2.05, 4.69) is 37.1 Å². The Balaban J connectivity index is 2.52. The molecule has 0 fully saturated rings. The van der Waals surface area contributed by atoms with Gasteiger partial charge in [-0.1, -0.05) is 18.2 Å². The molecule has 0 radical (unpaired) electrons. The quantitative estimate of drug-likeness (QED) is 0.670. The highest BCUT2D eigenvalue weighted by atomic mass is 32.1. The van der Waals surface area contributed by atoms with Crippen LogP contribution in [0.15, 0.2) is 40.6 Å². The maximum absolute atomic E-state index is 4.43. The first kappa shape index (κ1) is 8.85. The molecule has 0 atom stereocenters. The van der Waals surface area contributed by atoms with Gasteiger partial charge in [0, 0.05) is 15.3 Å². The van der Waals surface area contributed by atoms with E-state index in [1.165, 1.54) is 16.0 Å². The highest BCUT2D eigenvalue weighted by Gasteiger charge is 2.02. The standard InChI is InChI=1S/C11H10S2/c1-8-6-11(13-7-8)9-4-2-3-5-10(9)12/h2-7,12H,1H3. The van der Waals surface area contributed by atoms with Gasteiger partial charge >= 0.3 is 0 Å². The van der Waals surface area contributed by atoms with Crippen LogP contribution in [-0.4, -0.2) is 0 Å². The number of hydrogen-bond acceptors (Lipinski definition) is 2. The van der Waals surface area contributed by atoms with Crippen LogP contribution in [0, 0.1) is 6.92 Å². The van der Waals surface area contributed by atoms with Crippen molar-refractivity contribution in [3.8, 4) is 10.4 Å². The van der Waals surface area contributed by atoms with Crippen LogP contribution in [0.5, 0.6) is 0 Å². The first-order chi connectivity index (χ1) is 6.27. The van der Waals surface area contributed by atoms with E-state index < -0.39 is 0 Å². The fourth-order valence-electron chi connectivity index (χ4n) is 1.25. The van der Waals surface area contributed by atoms with Crippen LogP contribution >= 0.6 is 24.0 Å². The highest BCUT2D eigenvalue weighted by molar-refractivity contribution is 7.80. The van der Waals surface area contributed by atoms with E-state index >= 15 is 0 Å². The fraction of sp³-hybridized carbons (Fsp3) is 0.0909. The number of benzene rings is 1. The molecule has 1 aromatic heterocycles. The average Bonchev–Trinajstić information content (AvgIpc) is 2.53. The minimum atomic E-state index is 1.05. The van der Waals surface area contributed by atoms with Gasteiger partial charge in [0.1, 0.15) is 0 Å². The number of rotatable bonds is 1. The minimum absolute atomic E-state index is 1.05. The van der Waals surface area contributed by atoms with Crippen LogP contribution in [0.4, 0.5) is 0 Å². The van der Waals surface area contributed by atoms with Gasteiger partial charge in [0.2, 0.25) is 0 Å². The second kappa shape index (κ2) is 3.56. The zero-order valence-corrected chi connectivity index (χ0v) is 9.03. The third-order valence-electron chi connectivity index (χ3n) is 1.90. The van der Waals surface area contributed by atoms with E-state index in [0.717, 1.165) is 4.90 Å². The van der Waals surface area contributed by atoms with E-state index in [1.807, 2.05) is 18.2 Å². The van der Waals surface area contributed by atoms with Crippen LogP contribution in [0.1, 0.15) is 5.56 Å². The lowest BCUT2D eigenvalue weighted by atomic mass is 10.2. The maximum Gasteiger partial charge on any atom is 0.0356 e. The molecule has 0 aliphatic rings. The largest absolute Gasteiger partial charge is 0.144 e. The van der Waals surface area contributed by atoms with Crippen molar-refractivity contribution in [2.24, 2.45) is 0 Å². The van der Waals surface area contributed by atoms with Crippen molar-refractivity contribution in [1.29, 1.82) is 0 Å². The first-order valence-corrected chi connectivity index (χ1v) is 5.43. The molecule has 0 amide bonds. The van der Waals surface area contributed by atoms with E-state index in [1.54, 1.807) is 11.3 Å². The highest BCUT2D eigenvalue weighted by Crippen LogP contribution is 2.31. The van der Waals surface area contributed by atoms with Gasteiger partial charge < -0.3 is 0 Å². The van der Waals surface area contributed by atoms with Gasteiger partial charge in [-0.3, -0.25) is 0 Å². The van der Waals surface area contributed by atoms with Gasteiger partial charge in [-0.25, -0.2) is 0 Å². The predicted octanol–water partition coefficient (Wildman–Crippen LogP) is 4.01. The average molecular weight is 206 g/mol. The Bertz CT molecular complexity index is 416. The summed E-state index contributed by atoms with van der Waals surface area (Å²) in [6, 6.07) is 10.4. The summed E-state index contributed by atoms with van der Waals surface area (Å²) in [6.45, 7) is 2.11. The van der Waals surface area contributed by atoms with E-state index in [9.17, 15) is 0 Å². The molecular formula is C11H10S2. The number of thiol groups is 1. The van der Waals surface area contributed by atoms with Gasteiger partial charge in [-0.05, 0) is 30.0 Å². The Kier molecular flexibility index (Phi) is 2.42. The van der Waals surface area contributed by atoms with Gasteiger partial charge in [-0.15, -0.1) is 24.0 Å². The Morgan fingerprint density at radius 2 is 2.00 bits per heavy atom. The lowest BCUT2D eigenvalue weighted by molar-refractivity contribution is 1.47. The predicted molar refractivity (Wildman–Crippen MR) is 61.7 cm³/mol. The molecule has 2 heteroatoms. The lowest BCUT2D eigenvalue weighted by Gasteiger charge is -1.99. The van der Waals surface area contributed by atoms with Crippen molar-refractivity contribution in [3.05, 3.63) is 41.3 Å². The molecule has 0 aliphatic heterocycles. The Morgan fingerprint density at radius 3 is 2.62 bits per heavy atom. The molecular weight excluding hydrogens is 196 g/mol. The van der Waals surface area contributed by atoms with Crippen molar-refractivity contribution in [3.63, 3.8) is 0 Å². The first-order valence-electron chi connectivity index (χ1n) is 4.11. The van der Waals surface area contributed by atoms with Crippen molar-refractivity contribution < 1.29 is 0 Å². The number of thiophene rings is 1. The molecule has 0 aliphatic carbocycles. The normalized spacial score (nSPS) is 10.3. The summed E-state index contributed by atoms with van der Waals surface area (Å²) in [6.07, 6.45) is 0. The van der Waals surface area contributed by atoms with Crippen molar-refractivity contribution in [2.75, 3.05) is 0 Å². The molecule has 66 valence electrons. The number of hydrogen-bond donors (Lipinski definition) is 1. The second-order valence-corrected chi connectivity index (χ2v) is 4.40. The Hall–Kier alpha value is -0.730. The third-order valence-corrected chi connectivity index (χ3v) is 3.37. The zero-order valence-electron chi connectivity index (χ0n) is 7.32. The van der Waals surface area contributed by atoms with Gasteiger partial charge in [0.15, 0.2) is 0 Å². The molecule has 0 bridgehead atoms. The summed E-state index contributed by atoms with van der Waals surface area (Å²) in [4.78, 5) is 2.34. The van der Waals surface area contributed by atoms with Crippen LogP contribution in [0.25, 0.3) is 10.4 Å². The van der Waals surface area contributed by atoms with Gasteiger partial charge in [0.05, 0.1) is 0 Å². The van der Waals surface area contributed by atoms with E-state index in [4.69, 9.17) is 0 Å². The lowest BCUT2D eigenvalue weighted by Crippen LogP contribution is -1.73. The molecule has 1 aromatic carbocycles. The van der Waals surface area contributed by atoms with Crippen LogP contribution < -0.4 is 0 Å². The summed E-state index contributed by atoms with van der Waals surface area (Å²) < 4.78 is 0. The van der Waals surface area contributed by atoms with Gasteiger partial charge in [0.25, 0.3) is 0 Å². The smallest absolute Gasteiger partial charge is 0.0356 e. The molecule has 0 N–H and O–H groups in total. The molecule has 2 rings (SSSR count). The molecule has 0 saturated carbocycles. The van der Waals surface area contributed by atoms with Crippen molar-refractivity contribution >= 4 is 24.0 Å². The Morgan fingerprint density at radius 1 is 1.23 bits per heavy atom. The third kappa shape index (κ3) is 1.79. The van der Waals surface area contributed by atoms with E-state index in [0.29, 0.717) is 0 Å². The molecule has 0 nitrogen and oxygen atoms in total. The SMILES string of the molecule is Cc1csc(-c2ccccc2S)c1. The minimum Gasteiger partial charge on any atom is -0.144 e. The summed E-state index contributed by atoms with van der Waals surface area (Å²) in [5.41, 5.74) is 2.54. The second-order valence-electron chi connectivity index (χ2n) is 3.01. The van der Waals surface area contributed by atoms with E-state index in [-0.39, 0.29) is 0 Å². The monoisotopic (exact) mass is 206 g/mol. The van der Waals surface area contributed by atoms with Gasteiger partial charge in [-0.2, -0.15) is 0 Å². The summed E-state index contributed by atoms with van der Waals surface area (Å²) in [5.74, 6) is 0. The zero-order chi connectivity index (χ0) is 9.26. The maximum atomic E-state index is 4.43. The van der Waals surface area contributed by atoms with Crippen molar-refractivity contribution in [1.82, 2.24) is 0 Å². The summed E-state index contributed by atoms with van der Waals surface area (Å²) >= 11 is 6.19. The topological polar surface area (TPSA) is 0 Å². The summed E-state index contributed by atoms with van der Waals surface area (Å²) in [7, 11) is 0. The van der Waals surface area contributed by atoms with Crippen molar-refractivity contribution in [2.45, 2.75) is 11.8 Å². The molecule has 0 unspecified atom stereocenters. The molecule has 0 saturated heterocycles. The van der Waals surface area contributed by atoms with Crippen LogP contribution in [0.3, 0.4) is 0 Å². The Labute approximate surface area is 87.6 Å².